The molecule has 16 heavy (non-hydrogen) atoms. The second-order valence-electron chi connectivity index (χ2n) is 3.43. The molecule has 0 spiro atoms. The molecule has 0 unspecified atom stereocenters. The third-order valence-electron chi connectivity index (χ3n) is 2.18. The molecule has 0 atom stereocenters. The lowest BCUT2D eigenvalue weighted by atomic mass is 10.1. The van der Waals surface area contributed by atoms with E-state index in [0.717, 1.165) is 5.56 Å². The van der Waals surface area contributed by atoms with E-state index in [1.807, 2.05) is 0 Å². The van der Waals surface area contributed by atoms with Gasteiger partial charge in [0.15, 0.2) is 0 Å². The van der Waals surface area contributed by atoms with Crippen LogP contribution in [0.3, 0.4) is 0 Å². The van der Waals surface area contributed by atoms with Crippen molar-refractivity contribution < 1.29 is 9.90 Å². The van der Waals surface area contributed by atoms with Crippen LogP contribution in [0.5, 0.6) is 5.75 Å². The number of hydrogen-bond donors (Lipinski definition) is 2. The Hall–Kier alpha value is -1.95. The molecule has 0 fully saturated rings. The second kappa shape index (κ2) is 5.82. The fraction of sp³-hybridized carbons (Fsp3) is 0.308. The molecule has 2 N–H and O–H groups in total. The Labute approximate surface area is 95.5 Å². The first kappa shape index (κ1) is 12.1. The van der Waals surface area contributed by atoms with E-state index in [1.54, 1.807) is 26.0 Å². The first-order chi connectivity index (χ1) is 7.65. The Morgan fingerprint density at radius 1 is 1.50 bits per heavy atom. The first-order valence-electron chi connectivity index (χ1n) is 5.12. The molecule has 1 aromatic rings. The molecule has 0 heterocycles. The number of amides is 1. The summed E-state index contributed by atoms with van der Waals surface area (Å²) in [5.74, 6) is 5.57. The molecule has 0 aliphatic carbocycles. The van der Waals surface area contributed by atoms with Crippen LogP contribution in [0.15, 0.2) is 18.2 Å². The summed E-state index contributed by atoms with van der Waals surface area (Å²) in [6.45, 7) is 4.07. The van der Waals surface area contributed by atoms with Crippen molar-refractivity contribution in [2.24, 2.45) is 0 Å². The number of carbonyl (C=O) groups is 1. The van der Waals surface area contributed by atoms with Crippen LogP contribution in [0.2, 0.25) is 0 Å². The smallest absolute Gasteiger partial charge is 0.251 e. The molecule has 1 amide bonds. The van der Waals surface area contributed by atoms with Crippen molar-refractivity contribution in [1.29, 1.82) is 0 Å². The minimum Gasteiger partial charge on any atom is -0.508 e. The highest BCUT2D eigenvalue weighted by Gasteiger charge is 2.06. The predicted octanol–water partition coefficient (Wildman–Crippen LogP) is 1.84. The Kier molecular flexibility index (Phi) is 4.41. The van der Waals surface area contributed by atoms with Crippen molar-refractivity contribution in [2.75, 3.05) is 6.54 Å². The molecular formula is C13H15NO2. The average Bonchev–Trinajstić information content (AvgIpc) is 2.28. The van der Waals surface area contributed by atoms with E-state index in [2.05, 4.69) is 17.2 Å². The largest absolute Gasteiger partial charge is 0.508 e. The van der Waals surface area contributed by atoms with Gasteiger partial charge in [-0.05, 0) is 31.5 Å². The third kappa shape index (κ3) is 3.32. The summed E-state index contributed by atoms with van der Waals surface area (Å²) in [5, 5.41) is 12.2. The molecule has 0 saturated heterocycles. The number of phenols is 1. The quantitative estimate of drug-likeness (QED) is 0.599. The standard InChI is InChI=1S/C13H15NO2/c1-3-4-5-8-14-13(16)11-7-6-10(2)12(15)9-11/h6-7,9,15H,5,8H2,1-2H3,(H,14,16). The zero-order valence-corrected chi connectivity index (χ0v) is 9.50. The highest BCUT2D eigenvalue weighted by molar-refractivity contribution is 5.94. The van der Waals surface area contributed by atoms with Gasteiger partial charge in [0.2, 0.25) is 0 Å². The number of rotatable bonds is 3. The highest BCUT2D eigenvalue weighted by atomic mass is 16.3. The molecule has 84 valence electrons. The third-order valence-corrected chi connectivity index (χ3v) is 2.18. The number of carbonyl (C=O) groups excluding carboxylic acids is 1. The maximum absolute atomic E-state index is 11.6. The van der Waals surface area contributed by atoms with Gasteiger partial charge in [0.1, 0.15) is 5.75 Å². The van der Waals surface area contributed by atoms with Crippen LogP contribution >= 0.6 is 0 Å². The lowest BCUT2D eigenvalue weighted by molar-refractivity contribution is 0.0954. The molecule has 3 nitrogen and oxygen atoms in total. The van der Waals surface area contributed by atoms with Crippen molar-refractivity contribution in [3.63, 3.8) is 0 Å². The van der Waals surface area contributed by atoms with Gasteiger partial charge in [-0.25, -0.2) is 0 Å². The minimum atomic E-state index is -0.187. The van der Waals surface area contributed by atoms with Crippen molar-refractivity contribution in [3.8, 4) is 17.6 Å². The lowest BCUT2D eigenvalue weighted by Crippen LogP contribution is -2.24. The van der Waals surface area contributed by atoms with Gasteiger partial charge >= 0.3 is 0 Å². The zero-order valence-electron chi connectivity index (χ0n) is 9.50. The lowest BCUT2D eigenvalue weighted by Gasteiger charge is -2.04. The van der Waals surface area contributed by atoms with Crippen molar-refractivity contribution in [1.82, 2.24) is 5.32 Å². The summed E-state index contributed by atoms with van der Waals surface area (Å²) in [5.41, 5.74) is 1.22. The maximum Gasteiger partial charge on any atom is 0.251 e. The Morgan fingerprint density at radius 3 is 2.88 bits per heavy atom. The molecule has 1 rings (SSSR count). The van der Waals surface area contributed by atoms with Crippen LogP contribution < -0.4 is 5.32 Å². The van der Waals surface area contributed by atoms with Gasteiger partial charge in [-0.1, -0.05) is 6.07 Å². The summed E-state index contributed by atoms with van der Waals surface area (Å²) < 4.78 is 0. The number of phenolic OH excluding ortho intramolecular Hbond substituents is 1. The van der Waals surface area contributed by atoms with E-state index >= 15 is 0 Å². The van der Waals surface area contributed by atoms with Gasteiger partial charge in [-0.3, -0.25) is 4.79 Å². The monoisotopic (exact) mass is 217 g/mol. The summed E-state index contributed by atoms with van der Waals surface area (Å²) in [6.07, 6.45) is 0.639. The number of benzene rings is 1. The van der Waals surface area contributed by atoms with Crippen LogP contribution in [-0.2, 0) is 0 Å². The molecular weight excluding hydrogens is 202 g/mol. The van der Waals surface area contributed by atoms with E-state index in [1.165, 1.54) is 6.07 Å². The van der Waals surface area contributed by atoms with Gasteiger partial charge in [0.25, 0.3) is 5.91 Å². The summed E-state index contributed by atoms with van der Waals surface area (Å²) in [4.78, 5) is 11.6. The second-order valence-corrected chi connectivity index (χ2v) is 3.43. The maximum atomic E-state index is 11.6. The van der Waals surface area contributed by atoms with Crippen LogP contribution in [-0.4, -0.2) is 17.6 Å². The van der Waals surface area contributed by atoms with E-state index in [-0.39, 0.29) is 11.7 Å². The number of aromatic hydroxyl groups is 1. The van der Waals surface area contributed by atoms with Gasteiger partial charge in [-0.2, -0.15) is 0 Å². The molecule has 0 radical (unpaired) electrons. The van der Waals surface area contributed by atoms with Crippen LogP contribution in [0.1, 0.15) is 29.3 Å². The van der Waals surface area contributed by atoms with Crippen molar-refractivity contribution in [2.45, 2.75) is 20.3 Å². The Balaban J connectivity index is 2.58. The molecule has 0 aliphatic heterocycles. The molecule has 0 aromatic heterocycles. The topological polar surface area (TPSA) is 49.3 Å². The molecule has 0 bridgehead atoms. The SMILES string of the molecule is CC#CCCNC(=O)c1ccc(C)c(O)c1. The number of nitrogens with one attached hydrogen (secondary N) is 1. The number of hydrogen-bond acceptors (Lipinski definition) is 2. The van der Waals surface area contributed by atoms with E-state index in [4.69, 9.17) is 0 Å². The summed E-state index contributed by atoms with van der Waals surface area (Å²) >= 11 is 0. The predicted molar refractivity (Wildman–Crippen MR) is 63.2 cm³/mol. The Bertz CT molecular complexity index is 441. The van der Waals surface area contributed by atoms with E-state index in [9.17, 15) is 9.90 Å². The molecule has 1 aromatic carbocycles. The first-order valence-corrected chi connectivity index (χ1v) is 5.12. The van der Waals surface area contributed by atoms with E-state index in [0.29, 0.717) is 18.5 Å². The fourth-order valence-corrected chi connectivity index (χ4v) is 1.22. The minimum absolute atomic E-state index is 0.140. The normalized spacial score (nSPS) is 9.12. The van der Waals surface area contributed by atoms with Crippen LogP contribution in [0, 0.1) is 18.8 Å². The summed E-state index contributed by atoms with van der Waals surface area (Å²) in [7, 11) is 0. The van der Waals surface area contributed by atoms with Gasteiger partial charge in [-0.15, -0.1) is 11.8 Å². The van der Waals surface area contributed by atoms with Gasteiger partial charge < -0.3 is 10.4 Å². The zero-order chi connectivity index (χ0) is 12.0. The Morgan fingerprint density at radius 2 is 2.25 bits per heavy atom. The number of aryl methyl sites for hydroxylation is 1. The van der Waals surface area contributed by atoms with Crippen LogP contribution in [0.4, 0.5) is 0 Å². The molecule has 0 saturated carbocycles. The summed E-state index contributed by atoms with van der Waals surface area (Å²) in [6, 6.07) is 4.88. The van der Waals surface area contributed by atoms with E-state index < -0.39 is 0 Å². The molecule has 0 aliphatic rings. The average molecular weight is 217 g/mol. The van der Waals surface area contributed by atoms with Gasteiger partial charge in [0, 0.05) is 18.5 Å². The van der Waals surface area contributed by atoms with Crippen LogP contribution in [0.25, 0.3) is 0 Å². The van der Waals surface area contributed by atoms with Crippen molar-refractivity contribution >= 4 is 5.91 Å². The van der Waals surface area contributed by atoms with Gasteiger partial charge in [0.05, 0.1) is 0 Å². The highest BCUT2D eigenvalue weighted by Crippen LogP contribution is 2.17. The molecule has 3 heteroatoms. The van der Waals surface area contributed by atoms with Crippen molar-refractivity contribution in [3.05, 3.63) is 29.3 Å². The fourth-order valence-electron chi connectivity index (χ4n) is 1.22.